The van der Waals surface area contributed by atoms with E-state index in [4.69, 9.17) is 21.1 Å². The molecule has 3 saturated heterocycles. The van der Waals surface area contributed by atoms with Crippen molar-refractivity contribution >= 4 is 56.3 Å². The van der Waals surface area contributed by atoms with Gasteiger partial charge in [0.2, 0.25) is 27.7 Å². The van der Waals surface area contributed by atoms with Crippen molar-refractivity contribution in [2.45, 2.75) is 31.8 Å². The second-order valence-corrected chi connectivity index (χ2v) is 12.4. The molecule has 11 nitrogen and oxygen atoms in total. The average molecular weight is 575 g/mol. The zero-order chi connectivity index (χ0) is 26.6. The number of amides is 3. The van der Waals surface area contributed by atoms with E-state index in [1.54, 1.807) is 28.9 Å². The first-order valence-corrected chi connectivity index (χ1v) is 14.9. The number of likely N-dealkylation sites (tertiary alicyclic amines) is 1. The summed E-state index contributed by atoms with van der Waals surface area (Å²) in [5, 5.41) is 1.07. The van der Waals surface area contributed by atoms with Gasteiger partial charge in [-0.25, -0.2) is 8.42 Å². The highest BCUT2D eigenvalue weighted by molar-refractivity contribution is 7.92. The summed E-state index contributed by atoms with van der Waals surface area (Å²) in [6.45, 7) is 5.01. The monoisotopic (exact) mass is 574 g/mol. The minimum absolute atomic E-state index is 0.159. The SMILES string of the molecule is C/C(=C/S(=O)(=O)N[C@H]1CCN([C@@H](CC(=O)N2CCOCC2)C(=O)N2CCOCC2)C1=O)c1ccc(Cl)s1. The minimum atomic E-state index is -3.96. The number of thiophene rings is 1. The van der Waals surface area contributed by atoms with Crippen molar-refractivity contribution in [2.24, 2.45) is 0 Å². The molecule has 14 heteroatoms. The van der Waals surface area contributed by atoms with E-state index < -0.39 is 28.0 Å². The average Bonchev–Trinajstić information content (AvgIpc) is 3.48. The van der Waals surface area contributed by atoms with Crippen LogP contribution in [0, 0.1) is 0 Å². The standard InChI is InChI=1S/C23H31ClN4O7S2/c1-16(19-2-3-20(24)36-19)15-37(32,33)25-17-4-5-28(22(17)30)18(23(31)27-8-12-35-13-9-27)14-21(29)26-6-10-34-11-7-26/h2-3,15,17-18,25H,4-14H2,1H3/b16-15-/t17-,18-/m0/s1. The van der Waals surface area contributed by atoms with E-state index in [2.05, 4.69) is 4.72 Å². The fraction of sp³-hybridized carbons (Fsp3) is 0.609. The minimum Gasteiger partial charge on any atom is -0.378 e. The van der Waals surface area contributed by atoms with Gasteiger partial charge in [-0.3, -0.25) is 14.4 Å². The summed E-state index contributed by atoms with van der Waals surface area (Å²) < 4.78 is 39.3. The molecule has 1 aromatic heterocycles. The summed E-state index contributed by atoms with van der Waals surface area (Å²) in [6.07, 6.45) is 0.0218. The highest BCUT2D eigenvalue weighted by Crippen LogP contribution is 2.28. The number of morpholine rings is 2. The van der Waals surface area contributed by atoms with Crippen LogP contribution in [0.3, 0.4) is 0 Å². The van der Waals surface area contributed by atoms with Crippen LogP contribution in [0.2, 0.25) is 4.34 Å². The predicted molar refractivity (Wildman–Crippen MR) is 138 cm³/mol. The Morgan fingerprint density at radius 2 is 1.73 bits per heavy atom. The van der Waals surface area contributed by atoms with Crippen LogP contribution in [0.5, 0.6) is 0 Å². The largest absolute Gasteiger partial charge is 0.378 e. The molecule has 2 atom stereocenters. The smallest absolute Gasteiger partial charge is 0.246 e. The van der Waals surface area contributed by atoms with Crippen LogP contribution < -0.4 is 4.72 Å². The normalized spacial score (nSPS) is 22.4. The van der Waals surface area contributed by atoms with Crippen molar-refractivity contribution < 1.29 is 32.3 Å². The maximum absolute atomic E-state index is 13.5. The Balaban J connectivity index is 1.48. The predicted octanol–water partition coefficient (Wildman–Crippen LogP) is 0.759. The van der Waals surface area contributed by atoms with Gasteiger partial charge in [0.05, 0.1) is 42.6 Å². The summed E-state index contributed by atoms with van der Waals surface area (Å²) in [5.41, 5.74) is 0.489. The Morgan fingerprint density at radius 3 is 2.32 bits per heavy atom. The Hall–Kier alpha value is -2.03. The van der Waals surface area contributed by atoms with E-state index in [9.17, 15) is 22.8 Å². The summed E-state index contributed by atoms with van der Waals surface area (Å²) in [6, 6.07) is 1.37. The number of allylic oxidation sites excluding steroid dienone is 1. The third kappa shape index (κ3) is 7.09. The number of hydrogen-bond donors (Lipinski definition) is 1. The number of ether oxygens (including phenoxy) is 2. The Kier molecular flexibility index (Phi) is 9.24. The van der Waals surface area contributed by atoms with Crippen LogP contribution >= 0.6 is 22.9 Å². The van der Waals surface area contributed by atoms with Gasteiger partial charge in [-0.15, -0.1) is 11.3 Å². The first-order valence-electron chi connectivity index (χ1n) is 12.1. The van der Waals surface area contributed by atoms with E-state index in [-0.39, 0.29) is 31.2 Å². The lowest BCUT2D eigenvalue weighted by atomic mass is 10.1. The third-order valence-corrected chi connectivity index (χ3v) is 9.20. The van der Waals surface area contributed by atoms with Crippen molar-refractivity contribution in [1.29, 1.82) is 0 Å². The third-order valence-electron chi connectivity index (χ3n) is 6.56. The Morgan fingerprint density at radius 1 is 1.11 bits per heavy atom. The second kappa shape index (κ2) is 12.2. The van der Waals surface area contributed by atoms with Crippen LogP contribution in [-0.2, 0) is 33.9 Å². The first-order chi connectivity index (χ1) is 17.6. The van der Waals surface area contributed by atoms with Gasteiger partial charge in [0.1, 0.15) is 12.1 Å². The number of nitrogens with one attached hydrogen (secondary N) is 1. The summed E-state index contributed by atoms with van der Waals surface area (Å²) >= 11 is 7.20. The molecule has 0 spiro atoms. The van der Waals surface area contributed by atoms with Crippen LogP contribution in [0.4, 0.5) is 0 Å². The maximum Gasteiger partial charge on any atom is 0.246 e. The van der Waals surface area contributed by atoms with Crippen molar-refractivity contribution in [2.75, 3.05) is 59.2 Å². The van der Waals surface area contributed by atoms with E-state index in [1.165, 1.54) is 16.2 Å². The van der Waals surface area contributed by atoms with E-state index in [1.807, 2.05) is 0 Å². The summed E-state index contributed by atoms with van der Waals surface area (Å²) in [7, 11) is -3.96. The molecule has 37 heavy (non-hydrogen) atoms. The molecule has 0 bridgehead atoms. The number of rotatable bonds is 8. The lowest BCUT2D eigenvalue weighted by molar-refractivity contribution is -0.150. The van der Waals surface area contributed by atoms with Crippen LogP contribution in [0.25, 0.3) is 5.57 Å². The van der Waals surface area contributed by atoms with Crippen molar-refractivity contribution in [1.82, 2.24) is 19.4 Å². The van der Waals surface area contributed by atoms with Gasteiger partial charge >= 0.3 is 0 Å². The summed E-state index contributed by atoms with van der Waals surface area (Å²) in [4.78, 5) is 45.1. The van der Waals surface area contributed by atoms with E-state index in [0.717, 1.165) is 5.41 Å². The second-order valence-electron chi connectivity index (χ2n) is 9.09. The highest BCUT2D eigenvalue weighted by atomic mass is 35.5. The lowest BCUT2D eigenvalue weighted by Gasteiger charge is -2.35. The number of nitrogens with zero attached hydrogens (tertiary/aromatic N) is 3. The molecule has 3 fully saturated rings. The van der Waals surface area contributed by atoms with Crippen molar-refractivity contribution in [3.8, 4) is 0 Å². The summed E-state index contributed by atoms with van der Waals surface area (Å²) in [5.74, 6) is -1.08. The molecule has 3 aliphatic rings. The van der Waals surface area contributed by atoms with Crippen LogP contribution in [0.15, 0.2) is 17.5 Å². The van der Waals surface area contributed by atoms with E-state index in [0.29, 0.717) is 67.4 Å². The molecular formula is C23H31ClN4O7S2. The number of sulfonamides is 1. The van der Waals surface area contributed by atoms with Crippen LogP contribution in [0.1, 0.15) is 24.6 Å². The number of halogens is 1. The molecule has 3 aliphatic heterocycles. The number of carbonyl (C=O) groups excluding carboxylic acids is 3. The molecule has 3 amide bonds. The van der Waals surface area contributed by atoms with Crippen molar-refractivity contribution in [3.05, 3.63) is 26.8 Å². The van der Waals surface area contributed by atoms with Gasteiger partial charge < -0.3 is 24.2 Å². The topological polar surface area (TPSA) is 126 Å². The zero-order valence-electron chi connectivity index (χ0n) is 20.6. The van der Waals surface area contributed by atoms with Gasteiger partial charge in [0.15, 0.2) is 0 Å². The van der Waals surface area contributed by atoms with Gasteiger partial charge in [0, 0.05) is 37.6 Å². The fourth-order valence-corrected chi connectivity index (χ4v) is 6.97. The molecule has 1 N–H and O–H groups in total. The molecule has 4 heterocycles. The Labute approximate surface area is 225 Å². The quantitative estimate of drug-likeness (QED) is 0.486. The number of hydrogen-bond acceptors (Lipinski definition) is 8. The molecular weight excluding hydrogens is 544 g/mol. The maximum atomic E-state index is 13.5. The molecule has 4 rings (SSSR count). The van der Waals surface area contributed by atoms with E-state index >= 15 is 0 Å². The zero-order valence-corrected chi connectivity index (χ0v) is 22.9. The molecule has 0 unspecified atom stereocenters. The lowest BCUT2D eigenvalue weighted by Crippen LogP contribution is -2.55. The van der Waals surface area contributed by atoms with Gasteiger partial charge in [-0.1, -0.05) is 11.6 Å². The van der Waals surface area contributed by atoms with Gasteiger partial charge in [-0.2, -0.15) is 4.72 Å². The molecule has 0 radical (unpaired) electrons. The van der Waals surface area contributed by atoms with Gasteiger partial charge in [-0.05, 0) is 31.1 Å². The number of carbonyl (C=O) groups is 3. The van der Waals surface area contributed by atoms with Crippen molar-refractivity contribution in [3.63, 3.8) is 0 Å². The molecule has 204 valence electrons. The highest BCUT2D eigenvalue weighted by Gasteiger charge is 2.43. The molecule has 0 aliphatic carbocycles. The molecule has 0 saturated carbocycles. The van der Waals surface area contributed by atoms with Crippen LogP contribution in [-0.4, -0.2) is 112 Å². The molecule has 0 aromatic carbocycles. The first kappa shape index (κ1) is 28.0. The van der Waals surface area contributed by atoms with Gasteiger partial charge in [0.25, 0.3) is 0 Å². The Bertz CT molecular complexity index is 1140. The fourth-order valence-electron chi connectivity index (χ4n) is 4.60. The molecule has 1 aromatic rings.